The van der Waals surface area contributed by atoms with Crippen LogP contribution in [0.1, 0.15) is 21.5 Å². The number of carbonyl (C=O) groups excluding carboxylic acids is 1. The van der Waals surface area contributed by atoms with Gasteiger partial charge in [0.15, 0.2) is 0 Å². The van der Waals surface area contributed by atoms with Crippen LogP contribution >= 0.6 is 15.9 Å². The largest absolute Gasteiger partial charge is 0.384 e. The van der Waals surface area contributed by atoms with Gasteiger partial charge in [-0.05, 0) is 34.5 Å². The number of amides is 1. The summed E-state index contributed by atoms with van der Waals surface area (Å²) in [4.78, 5) is 12.1. The number of nitrogens with zero attached hydrogens (tertiary/aromatic N) is 2. The highest BCUT2D eigenvalue weighted by Crippen LogP contribution is 2.21. The Hall–Kier alpha value is -1.82. The van der Waals surface area contributed by atoms with Gasteiger partial charge in [0.2, 0.25) is 0 Å². The van der Waals surface area contributed by atoms with E-state index in [-0.39, 0.29) is 5.91 Å². The number of hydrogen-bond acceptors (Lipinski definition) is 3. The van der Waals surface area contributed by atoms with E-state index in [0.717, 1.165) is 15.6 Å². The van der Waals surface area contributed by atoms with E-state index in [9.17, 15) is 4.79 Å². The maximum absolute atomic E-state index is 12.1. The second kappa shape index (κ2) is 5.44. The molecule has 1 heterocycles. The van der Waals surface area contributed by atoms with E-state index in [1.807, 2.05) is 19.1 Å². The standard InChI is InChI=1S/C13H15BrN4O/c1-8-4-3-5-10(11(8)14)13(19)16-6-9-7-17-18(2)12(9)15/h3-5,7H,6,15H2,1-2H3,(H,16,19). The maximum Gasteiger partial charge on any atom is 0.252 e. The Labute approximate surface area is 119 Å². The maximum atomic E-state index is 12.1. The van der Waals surface area contributed by atoms with Crippen LogP contribution in [0.3, 0.4) is 0 Å². The van der Waals surface area contributed by atoms with Gasteiger partial charge >= 0.3 is 0 Å². The number of carbonyl (C=O) groups is 1. The van der Waals surface area contributed by atoms with E-state index in [4.69, 9.17) is 5.73 Å². The average Bonchev–Trinajstić information content (AvgIpc) is 2.70. The fraction of sp³-hybridized carbons (Fsp3) is 0.231. The van der Waals surface area contributed by atoms with Crippen LogP contribution in [0.15, 0.2) is 28.9 Å². The summed E-state index contributed by atoms with van der Waals surface area (Å²) in [6.45, 7) is 2.30. The molecule has 0 radical (unpaired) electrons. The fourth-order valence-corrected chi connectivity index (χ4v) is 2.17. The molecule has 0 aliphatic carbocycles. The van der Waals surface area contributed by atoms with E-state index in [1.54, 1.807) is 24.0 Å². The van der Waals surface area contributed by atoms with E-state index in [2.05, 4.69) is 26.3 Å². The van der Waals surface area contributed by atoms with Crippen molar-refractivity contribution in [3.63, 3.8) is 0 Å². The lowest BCUT2D eigenvalue weighted by Crippen LogP contribution is -2.23. The quantitative estimate of drug-likeness (QED) is 0.907. The molecule has 100 valence electrons. The van der Waals surface area contributed by atoms with Gasteiger partial charge in [0.1, 0.15) is 5.82 Å². The number of halogens is 1. The Bertz CT molecular complexity index is 621. The molecule has 6 heteroatoms. The molecule has 19 heavy (non-hydrogen) atoms. The minimum Gasteiger partial charge on any atom is -0.384 e. The first-order chi connectivity index (χ1) is 9.00. The van der Waals surface area contributed by atoms with Crippen LogP contribution in [0.25, 0.3) is 0 Å². The molecule has 5 nitrogen and oxygen atoms in total. The molecule has 0 aliphatic rings. The number of hydrogen-bond donors (Lipinski definition) is 2. The second-order valence-corrected chi connectivity index (χ2v) is 5.09. The highest BCUT2D eigenvalue weighted by atomic mass is 79.9. The van der Waals surface area contributed by atoms with Crippen LogP contribution in [0.4, 0.5) is 5.82 Å². The third kappa shape index (κ3) is 2.78. The minimum absolute atomic E-state index is 0.140. The number of nitrogen functional groups attached to an aromatic ring is 1. The van der Waals surface area contributed by atoms with Crippen LogP contribution in [0.5, 0.6) is 0 Å². The van der Waals surface area contributed by atoms with Crippen molar-refractivity contribution in [3.8, 4) is 0 Å². The van der Waals surface area contributed by atoms with Gasteiger partial charge in [-0.1, -0.05) is 12.1 Å². The van der Waals surface area contributed by atoms with Crippen LogP contribution in [-0.2, 0) is 13.6 Å². The van der Waals surface area contributed by atoms with E-state index in [0.29, 0.717) is 17.9 Å². The van der Waals surface area contributed by atoms with Gasteiger partial charge in [0.05, 0.1) is 11.8 Å². The Morgan fingerprint density at radius 2 is 2.26 bits per heavy atom. The molecule has 0 fully saturated rings. The summed E-state index contributed by atoms with van der Waals surface area (Å²) in [7, 11) is 1.76. The monoisotopic (exact) mass is 322 g/mol. The summed E-state index contributed by atoms with van der Waals surface area (Å²) in [5.41, 5.74) is 8.26. The highest BCUT2D eigenvalue weighted by Gasteiger charge is 2.12. The first-order valence-electron chi connectivity index (χ1n) is 5.80. The van der Waals surface area contributed by atoms with Crippen LogP contribution in [0.2, 0.25) is 0 Å². The summed E-state index contributed by atoms with van der Waals surface area (Å²) >= 11 is 3.42. The molecule has 0 bridgehead atoms. The lowest BCUT2D eigenvalue weighted by Gasteiger charge is -2.08. The first-order valence-corrected chi connectivity index (χ1v) is 6.59. The highest BCUT2D eigenvalue weighted by molar-refractivity contribution is 9.10. The SMILES string of the molecule is Cc1cccc(C(=O)NCc2cnn(C)c2N)c1Br. The van der Waals surface area contributed by atoms with E-state index >= 15 is 0 Å². The molecule has 0 saturated carbocycles. The van der Waals surface area contributed by atoms with Crippen molar-refractivity contribution in [2.75, 3.05) is 5.73 Å². The number of rotatable bonds is 3. The molecule has 1 amide bonds. The van der Waals surface area contributed by atoms with Gasteiger partial charge in [-0.3, -0.25) is 9.48 Å². The average molecular weight is 323 g/mol. The third-order valence-electron chi connectivity index (χ3n) is 2.94. The minimum atomic E-state index is -0.140. The zero-order chi connectivity index (χ0) is 14.0. The van der Waals surface area contributed by atoms with Gasteiger partial charge in [-0.15, -0.1) is 0 Å². The van der Waals surface area contributed by atoms with Gasteiger partial charge in [0.25, 0.3) is 5.91 Å². The smallest absolute Gasteiger partial charge is 0.252 e. The van der Waals surface area contributed by atoms with Crippen molar-refractivity contribution in [3.05, 3.63) is 45.6 Å². The molecule has 0 saturated heterocycles. The number of nitrogens with one attached hydrogen (secondary N) is 1. The van der Waals surface area contributed by atoms with Gasteiger partial charge in [-0.25, -0.2) is 0 Å². The summed E-state index contributed by atoms with van der Waals surface area (Å²) in [5, 5.41) is 6.86. The summed E-state index contributed by atoms with van der Waals surface area (Å²) in [6.07, 6.45) is 1.65. The van der Waals surface area contributed by atoms with Crippen molar-refractivity contribution >= 4 is 27.7 Å². The molecule has 2 aromatic rings. The normalized spacial score (nSPS) is 10.5. The lowest BCUT2D eigenvalue weighted by atomic mass is 10.1. The Morgan fingerprint density at radius 3 is 2.89 bits per heavy atom. The summed E-state index contributed by atoms with van der Waals surface area (Å²) in [6, 6.07) is 5.58. The van der Waals surface area contributed by atoms with Crippen molar-refractivity contribution < 1.29 is 4.79 Å². The fourth-order valence-electron chi connectivity index (χ4n) is 1.72. The molecular formula is C13H15BrN4O. The summed E-state index contributed by atoms with van der Waals surface area (Å²) in [5.74, 6) is 0.419. The van der Waals surface area contributed by atoms with Crippen LogP contribution in [0, 0.1) is 6.92 Å². The Morgan fingerprint density at radius 1 is 1.53 bits per heavy atom. The zero-order valence-electron chi connectivity index (χ0n) is 10.8. The van der Waals surface area contributed by atoms with E-state index in [1.165, 1.54) is 0 Å². The van der Waals surface area contributed by atoms with Gasteiger partial charge in [-0.2, -0.15) is 5.10 Å². The molecule has 1 aromatic heterocycles. The molecule has 3 N–H and O–H groups in total. The van der Waals surface area contributed by atoms with Gasteiger partial charge in [0, 0.05) is 23.6 Å². The lowest BCUT2D eigenvalue weighted by molar-refractivity contribution is 0.0950. The van der Waals surface area contributed by atoms with Crippen molar-refractivity contribution in [2.45, 2.75) is 13.5 Å². The topological polar surface area (TPSA) is 72.9 Å². The summed E-state index contributed by atoms with van der Waals surface area (Å²) < 4.78 is 2.39. The van der Waals surface area contributed by atoms with Crippen LogP contribution < -0.4 is 11.1 Å². The zero-order valence-corrected chi connectivity index (χ0v) is 12.4. The van der Waals surface area contributed by atoms with E-state index < -0.39 is 0 Å². The molecule has 1 aromatic carbocycles. The predicted molar refractivity (Wildman–Crippen MR) is 77.7 cm³/mol. The third-order valence-corrected chi connectivity index (χ3v) is 3.99. The first kappa shape index (κ1) is 13.6. The predicted octanol–water partition coefficient (Wildman–Crippen LogP) is 2.00. The number of nitrogens with two attached hydrogens (primary N) is 1. The molecule has 2 rings (SSSR count). The van der Waals surface area contributed by atoms with Crippen LogP contribution in [-0.4, -0.2) is 15.7 Å². The van der Waals surface area contributed by atoms with Crippen molar-refractivity contribution in [1.82, 2.24) is 15.1 Å². The molecule has 0 aliphatic heterocycles. The Kier molecular flexibility index (Phi) is 3.90. The molecule has 0 unspecified atom stereocenters. The van der Waals surface area contributed by atoms with Crippen molar-refractivity contribution in [2.24, 2.45) is 7.05 Å². The molecular weight excluding hydrogens is 308 g/mol. The number of benzene rings is 1. The molecule has 0 atom stereocenters. The number of aryl methyl sites for hydroxylation is 2. The number of anilines is 1. The number of aromatic nitrogens is 2. The second-order valence-electron chi connectivity index (χ2n) is 4.30. The van der Waals surface area contributed by atoms with Gasteiger partial charge < -0.3 is 11.1 Å². The molecule has 0 spiro atoms. The Balaban J connectivity index is 2.10. The van der Waals surface area contributed by atoms with Crippen molar-refractivity contribution in [1.29, 1.82) is 0 Å².